The van der Waals surface area contributed by atoms with Crippen LogP contribution in [0.3, 0.4) is 0 Å². The van der Waals surface area contributed by atoms with Gasteiger partial charge in [0.15, 0.2) is 0 Å². The molecule has 0 unspecified atom stereocenters. The number of fused-ring (bicyclic) bond motifs is 1. The van der Waals surface area contributed by atoms with Crippen LogP contribution in [0.5, 0.6) is 5.88 Å². The molecule has 200 valence electrons. The van der Waals surface area contributed by atoms with Crippen LogP contribution in [-0.4, -0.2) is 54.2 Å². The smallest absolute Gasteiger partial charge is 0.419 e. The summed E-state index contributed by atoms with van der Waals surface area (Å²) in [7, 11) is -3.37. The van der Waals surface area contributed by atoms with Crippen molar-refractivity contribution < 1.29 is 32.3 Å². The van der Waals surface area contributed by atoms with E-state index in [9.17, 15) is 18.0 Å². The zero-order valence-electron chi connectivity index (χ0n) is 19.5. The van der Waals surface area contributed by atoms with E-state index in [-0.39, 0.29) is 16.3 Å². The number of benzene rings is 1. The summed E-state index contributed by atoms with van der Waals surface area (Å²) in [5.41, 5.74) is -0.334. The summed E-state index contributed by atoms with van der Waals surface area (Å²) < 4.78 is 54.5. The van der Waals surface area contributed by atoms with Gasteiger partial charge in [-0.05, 0) is 43.7 Å². The van der Waals surface area contributed by atoms with Crippen molar-refractivity contribution in [3.63, 3.8) is 0 Å². The highest BCUT2D eigenvalue weighted by Gasteiger charge is 2.37. The summed E-state index contributed by atoms with van der Waals surface area (Å²) in [6.07, 6.45) is -2.77. The summed E-state index contributed by atoms with van der Waals surface area (Å²) in [6.45, 7) is 3.73. The minimum absolute atomic E-state index is 0.146. The molecule has 37 heavy (non-hydrogen) atoms. The Morgan fingerprint density at radius 3 is 2.41 bits per heavy atom. The molecule has 1 N–H and O–H groups in total. The molecule has 1 aliphatic rings. The van der Waals surface area contributed by atoms with Crippen LogP contribution >= 0.6 is 19.9 Å². The van der Waals surface area contributed by atoms with Crippen molar-refractivity contribution in [3.8, 4) is 5.88 Å². The number of ether oxygens (including phenoxy) is 1. The number of piperazine rings is 1. The molecule has 14 heteroatoms. The van der Waals surface area contributed by atoms with Crippen molar-refractivity contribution in [1.29, 1.82) is 0 Å². The highest BCUT2D eigenvalue weighted by atomic mass is 35.5. The number of nitrogens with one attached hydrogen (secondary N) is 1. The van der Waals surface area contributed by atoms with Crippen LogP contribution in [-0.2, 0) is 10.7 Å². The van der Waals surface area contributed by atoms with E-state index in [0.717, 1.165) is 24.8 Å². The van der Waals surface area contributed by atoms with Gasteiger partial charge < -0.3 is 24.4 Å². The maximum absolute atomic E-state index is 13.4. The second kappa shape index (κ2) is 13.2. The highest BCUT2D eigenvalue weighted by molar-refractivity contribution is 7.27. The van der Waals surface area contributed by atoms with Crippen LogP contribution in [0.4, 0.5) is 18.9 Å². The second-order valence-corrected chi connectivity index (χ2v) is 9.00. The Morgan fingerprint density at radius 1 is 1.05 bits per heavy atom. The molecule has 0 aliphatic carbocycles. The lowest BCUT2D eigenvalue weighted by atomic mass is 10.1. The number of aromatic amines is 1. The summed E-state index contributed by atoms with van der Waals surface area (Å²) in [5.74, 6) is 0.458. The first-order chi connectivity index (χ1) is 17.5. The molecule has 3 aromatic rings. The van der Waals surface area contributed by atoms with Crippen molar-refractivity contribution in [1.82, 2.24) is 14.9 Å². The largest absolute Gasteiger partial charge is 0.598 e. The molecule has 2 aromatic heterocycles. The van der Waals surface area contributed by atoms with Crippen molar-refractivity contribution >= 4 is 36.6 Å². The van der Waals surface area contributed by atoms with Gasteiger partial charge in [0.2, 0.25) is 11.4 Å². The number of anilines is 1. The number of halogens is 4. The maximum atomic E-state index is 13.4. The fraction of sp³-hybridized carbons (Fsp3) is 0.391. The fourth-order valence-corrected chi connectivity index (χ4v) is 4.25. The molecule has 1 aliphatic heterocycles. The Bertz CT molecular complexity index is 1270. The Kier molecular flexibility index (Phi) is 10.2. The molecular formula is C23H24ClF3N4O5P-. The molecule has 0 bridgehead atoms. The van der Waals surface area contributed by atoms with Crippen LogP contribution in [0, 0.1) is 0 Å². The number of H-pyrrole nitrogens is 1. The standard InChI is InChI=1S/C23H24ClF3N4O2.HO3P/c24-17-4-3-5-18(21(17)23(25,26)27)31-13-11-30(12-14-31)10-1-2-15-33-20-9-7-16-6-8-19(32)28-22(16)29-20;1-4(2)3/h3-9H,1-2,10-15H2,(H,28,29,32);(H,1,2,3)/p-1. The van der Waals surface area contributed by atoms with Crippen molar-refractivity contribution in [2.45, 2.75) is 19.0 Å². The number of nitrogens with zero attached hydrogens (tertiary/aromatic N) is 3. The summed E-state index contributed by atoms with van der Waals surface area (Å²) in [4.78, 5) is 39.4. The molecule has 4 rings (SSSR count). The van der Waals surface area contributed by atoms with E-state index >= 15 is 0 Å². The zero-order valence-corrected chi connectivity index (χ0v) is 21.2. The topological polar surface area (TPSA) is 125 Å². The summed E-state index contributed by atoms with van der Waals surface area (Å²) >= 11 is 5.85. The predicted molar refractivity (Wildman–Crippen MR) is 130 cm³/mol. The Labute approximate surface area is 216 Å². The van der Waals surface area contributed by atoms with Gasteiger partial charge in [0.1, 0.15) is 5.65 Å². The number of hydrogen-bond acceptors (Lipinski definition) is 8. The molecule has 1 saturated heterocycles. The van der Waals surface area contributed by atoms with Gasteiger partial charge in [-0.3, -0.25) is 9.69 Å². The lowest BCUT2D eigenvalue weighted by Crippen LogP contribution is -2.47. The lowest BCUT2D eigenvalue weighted by molar-refractivity contribution is -0.297. The van der Waals surface area contributed by atoms with Gasteiger partial charge in [0, 0.05) is 43.7 Å². The van der Waals surface area contributed by atoms with E-state index in [0.29, 0.717) is 44.3 Å². The first-order valence-electron chi connectivity index (χ1n) is 11.3. The van der Waals surface area contributed by atoms with E-state index in [4.69, 9.17) is 30.7 Å². The average molecular weight is 560 g/mol. The third-order valence-corrected chi connectivity index (χ3v) is 5.98. The Morgan fingerprint density at radius 2 is 1.73 bits per heavy atom. The van der Waals surface area contributed by atoms with Crippen molar-refractivity contribution in [2.24, 2.45) is 0 Å². The molecule has 0 atom stereocenters. The van der Waals surface area contributed by atoms with Gasteiger partial charge in [0.25, 0.3) is 8.25 Å². The van der Waals surface area contributed by atoms with Crippen LogP contribution in [0.25, 0.3) is 11.0 Å². The maximum Gasteiger partial charge on any atom is 0.419 e. The number of pyridine rings is 2. The molecule has 0 radical (unpaired) electrons. The van der Waals surface area contributed by atoms with E-state index in [1.54, 1.807) is 23.1 Å². The number of unbranched alkanes of at least 4 members (excludes halogenated alkanes) is 1. The minimum Gasteiger partial charge on any atom is -0.598 e. The number of aromatic nitrogens is 2. The van der Waals surface area contributed by atoms with E-state index in [1.807, 2.05) is 6.07 Å². The first kappa shape index (κ1) is 28.8. The van der Waals surface area contributed by atoms with Crippen LogP contribution < -0.4 is 25.0 Å². The van der Waals surface area contributed by atoms with Gasteiger partial charge in [0.05, 0.1) is 22.9 Å². The Balaban J connectivity index is 0.000000886. The minimum atomic E-state index is -4.49. The third kappa shape index (κ3) is 8.65. The van der Waals surface area contributed by atoms with Crippen LogP contribution in [0.15, 0.2) is 47.3 Å². The van der Waals surface area contributed by atoms with Crippen molar-refractivity contribution in [2.75, 3.05) is 44.2 Å². The molecule has 1 aromatic carbocycles. The third-order valence-electron chi connectivity index (χ3n) is 5.66. The van der Waals surface area contributed by atoms with Gasteiger partial charge >= 0.3 is 6.18 Å². The first-order valence-corrected chi connectivity index (χ1v) is 12.8. The highest BCUT2D eigenvalue weighted by Crippen LogP contribution is 2.41. The van der Waals surface area contributed by atoms with Crippen molar-refractivity contribution in [3.05, 3.63) is 63.4 Å². The Hall–Kier alpha value is -2.76. The molecule has 9 nitrogen and oxygen atoms in total. The van der Waals surface area contributed by atoms with Crippen LogP contribution in [0.1, 0.15) is 18.4 Å². The van der Waals surface area contributed by atoms with E-state index < -0.39 is 20.0 Å². The van der Waals surface area contributed by atoms with Gasteiger partial charge in [-0.25, -0.2) is 0 Å². The van der Waals surface area contributed by atoms with Gasteiger partial charge in [-0.15, -0.1) is 0 Å². The lowest BCUT2D eigenvalue weighted by Gasteiger charge is -2.37. The normalized spacial score (nSPS) is 14.3. The molecule has 3 heterocycles. The van der Waals surface area contributed by atoms with Gasteiger partial charge in [-0.1, -0.05) is 22.2 Å². The molecule has 1 fully saturated rings. The quantitative estimate of drug-likeness (QED) is 0.346. The van der Waals surface area contributed by atoms with Gasteiger partial charge in [-0.2, -0.15) is 18.2 Å². The number of alkyl halides is 3. The van der Waals surface area contributed by atoms with Crippen LogP contribution in [0.2, 0.25) is 5.02 Å². The monoisotopic (exact) mass is 559 g/mol. The molecule has 0 saturated carbocycles. The summed E-state index contributed by atoms with van der Waals surface area (Å²) in [6, 6.07) is 11.1. The van der Waals surface area contributed by atoms with E-state index in [2.05, 4.69) is 14.9 Å². The molecule has 0 spiro atoms. The predicted octanol–water partition coefficient (Wildman–Crippen LogP) is 2.94. The SMILES string of the molecule is O=[P+]([O-])[O-].O=c1ccc2ccc(OCCCCN3CCN(c4cccc(Cl)c4C(F)(F)F)CC3)nc2[nH]1. The molecular weight excluding hydrogens is 536 g/mol. The van der Waals surface area contributed by atoms with E-state index in [1.165, 1.54) is 18.2 Å². The summed E-state index contributed by atoms with van der Waals surface area (Å²) in [5, 5.41) is 0.566. The second-order valence-electron chi connectivity index (χ2n) is 8.15. The zero-order chi connectivity index (χ0) is 27.0. The number of hydrogen-bond donors (Lipinski definition) is 1. The average Bonchev–Trinajstić information content (AvgIpc) is 2.82. The fourth-order valence-electron chi connectivity index (χ4n) is 3.97. The number of rotatable bonds is 7. The molecule has 0 amide bonds.